The van der Waals surface area contributed by atoms with Gasteiger partial charge in [-0.05, 0) is 55.8 Å². The molecule has 0 bridgehead atoms. The Kier molecular flexibility index (Phi) is 2.87. The Morgan fingerprint density at radius 3 is 2.43 bits per heavy atom. The van der Waals surface area contributed by atoms with Gasteiger partial charge in [-0.15, -0.1) is 0 Å². The quantitative estimate of drug-likeness (QED) is 0.768. The molecule has 0 aromatic heterocycles. The molecule has 2 rings (SSSR count). The number of rotatable bonds is 4. The van der Waals surface area contributed by atoms with E-state index in [2.05, 4.69) is 37.4 Å². The van der Waals surface area contributed by atoms with Crippen molar-refractivity contribution >= 4 is 0 Å². The SMILES string of the molecule is Cc1cccc(C)c1CNCC1CC1. The first-order valence-corrected chi connectivity index (χ1v) is 5.53. The first-order chi connectivity index (χ1) is 6.77. The maximum Gasteiger partial charge on any atom is 0.0210 e. The molecule has 14 heavy (non-hydrogen) atoms. The van der Waals surface area contributed by atoms with E-state index >= 15 is 0 Å². The molecular weight excluding hydrogens is 170 g/mol. The van der Waals surface area contributed by atoms with Crippen molar-refractivity contribution in [3.05, 3.63) is 34.9 Å². The highest BCUT2D eigenvalue weighted by molar-refractivity contribution is 5.33. The molecule has 1 aliphatic rings. The van der Waals surface area contributed by atoms with Gasteiger partial charge in [-0.2, -0.15) is 0 Å². The topological polar surface area (TPSA) is 12.0 Å². The fourth-order valence-corrected chi connectivity index (χ4v) is 1.85. The summed E-state index contributed by atoms with van der Waals surface area (Å²) in [6.07, 6.45) is 2.86. The molecule has 0 atom stereocenters. The Bertz CT molecular complexity index is 293. The van der Waals surface area contributed by atoms with Crippen molar-refractivity contribution in [1.82, 2.24) is 5.32 Å². The van der Waals surface area contributed by atoms with E-state index in [1.807, 2.05) is 0 Å². The standard InChI is InChI=1S/C13H19N/c1-10-4-3-5-11(2)13(10)9-14-8-12-6-7-12/h3-5,12,14H,6-9H2,1-2H3. The molecule has 0 heterocycles. The Morgan fingerprint density at radius 2 is 1.86 bits per heavy atom. The zero-order chi connectivity index (χ0) is 9.97. The summed E-state index contributed by atoms with van der Waals surface area (Å²) in [5.74, 6) is 0.972. The summed E-state index contributed by atoms with van der Waals surface area (Å²) in [5, 5.41) is 3.55. The zero-order valence-electron chi connectivity index (χ0n) is 9.14. The maximum atomic E-state index is 3.55. The highest BCUT2D eigenvalue weighted by Gasteiger charge is 2.20. The molecule has 0 unspecified atom stereocenters. The van der Waals surface area contributed by atoms with Crippen molar-refractivity contribution in [2.24, 2.45) is 5.92 Å². The zero-order valence-corrected chi connectivity index (χ0v) is 9.14. The lowest BCUT2D eigenvalue weighted by Gasteiger charge is -2.10. The first kappa shape index (κ1) is 9.72. The van der Waals surface area contributed by atoms with Gasteiger partial charge in [0.15, 0.2) is 0 Å². The fraction of sp³-hybridized carbons (Fsp3) is 0.538. The van der Waals surface area contributed by atoms with E-state index in [0.29, 0.717) is 0 Å². The summed E-state index contributed by atoms with van der Waals surface area (Å²) < 4.78 is 0. The second-order valence-electron chi connectivity index (χ2n) is 4.44. The predicted molar refractivity (Wildman–Crippen MR) is 60.3 cm³/mol. The summed E-state index contributed by atoms with van der Waals surface area (Å²) in [7, 11) is 0. The third kappa shape index (κ3) is 2.36. The number of hydrogen-bond donors (Lipinski definition) is 1. The summed E-state index contributed by atoms with van der Waals surface area (Å²) in [5.41, 5.74) is 4.30. The molecule has 1 aliphatic carbocycles. The van der Waals surface area contributed by atoms with Gasteiger partial charge in [-0.25, -0.2) is 0 Å². The van der Waals surface area contributed by atoms with Crippen molar-refractivity contribution in [2.45, 2.75) is 33.2 Å². The van der Waals surface area contributed by atoms with Gasteiger partial charge in [0.1, 0.15) is 0 Å². The minimum atomic E-state index is 0.972. The van der Waals surface area contributed by atoms with Gasteiger partial charge in [0.05, 0.1) is 0 Å². The smallest absolute Gasteiger partial charge is 0.0210 e. The Labute approximate surface area is 86.5 Å². The second kappa shape index (κ2) is 4.14. The van der Waals surface area contributed by atoms with Crippen LogP contribution < -0.4 is 5.32 Å². The van der Waals surface area contributed by atoms with Gasteiger partial charge in [0.25, 0.3) is 0 Å². The van der Waals surface area contributed by atoms with Crippen molar-refractivity contribution in [3.8, 4) is 0 Å². The molecule has 1 N–H and O–H groups in total. The lowest BCUT2D eigenvalue weighted by Crippen LogP contribution is -2.17. The van der Waals surface area contributed by atoms with Crippen LogP contribution in [0.5, 0.6) is 0 Å². The van der Waals surface area contributed by atoms with E-state index < -0.39 is 0 Å². The number of hydrogen-bond acceptors (Lipinski definition) is 1. The van der Waals surface area contributed by atoms with E-state index in [-0.39, 0.29) is 0 Å². The third-order valence-corrected chi connectivity index (χ3v) is 3.08. The van der Waals surface area contributed by atoms with Crippen LogP contribution in [0.3, 0.4) is 0 Å². The van der Waals surface area contributed by atoms with E-state index in [1.54, 1.807) is 0 Å². The highest BCUT2D eigenvalue weighted by Crippen LogP contribution is 2.27. The Balaban J connectivity index is 1.92. The van der Waals surface area contributed by atoms with Gasteiger partial charge >= 0.3 is 0 Å². The molecular formula is C13H19N. The van der Waals surface area contributed by atoms with Crippen molar-refractivity contribution in [1.29, 1.82) is 0 Å². The van der Waals surface area contributed by atoms with Crippen LogP contribution in [0, 0.1) is 19.8 Å². The van der Waals surface area contributed by atoms with E-state index in [9.17, 15) is 0 Å². The predicted octanol–water partition coefficient (Wildman–Crippen LogP) is 2.80. The molecule has 76 valence electrons. The lowest BCUT2D eigenvalue weighted by atomic mass is 10.0. The van der Waals surface area contributed by atoms with E-state index in [0.717, 1.165) is 12.5 Å². The van der Waals surface area contributed by atoms with Gasteiger partial charge < -0.3 is 5.32 Å². The average Bonchev–Trinajstić information content (AvgIpc) is 2.94. The second-order valence-corrected chi connectivity index (χ2v) is 4.44. The van der Waals surface area contributed by atoms with Crippen LogP contribution in [0.4, 0.5) is 0 Å². The van der Waals surface area contributed by atoms with E-state index in [1.165, 1.54) is 36.1 Å². The molecule has 1 aromatic carbocycles. The van der Waals surface area contributed by atoms with Crippen molar-refractivity contribution < 1.29 is 0 Å². The number of aryl methyl sites for hydroxylation is 2. The monoisotopic (exact) mass is 189 g/mol. The summed E-state index contributed by atoms with van der Waals surface area (Å²) >= 11 is 0. The van der Waals surface area contributed by atoms with Gasteiger partial charge in [0.2, 0.25) is 0 Å². The Morgan fingerprint density at radius 1 is 1.21 bits per heavy atom. The molecule has 0 radical (unpaired) electrons. The molecule has 1 aromatic rings. The lowest BCUT2D eigenvalue weighted by molar-refractivity contribution is 0.635. The largest absolute Gasteiger partial charge is 0.312 e. The Hall–Kier alpha value is -0.820. The van der Waals surface area contributed by atoms with Gasteiger partial charge in [-0.3, -0.25) is 0 Å². The molecule has 0 amide bonds. The molecule has 0 spiro atoms. The minimum Gasteiger partial charge on any atom is -0.312 e. The van der Waals surface area contributed by atoms with Crippen LogP contribution in [0.2, 0.25) is 0 Å². The molecule has 1 saturated carbocycles. The number of nitrogens with one attached hydrogen (secondary N) is 1. The van der Waals surface area contributed by atoms with Crippen LogP contribution in [-0.4, -0.2) is 6.54 Å². The highest BCUT2D eigenvalue weighted by atomic mass is 14.9. The normalized spacial score (nSPS) is 15.9. The molecule has 0 saturated heterocycles. The van der Waals surface area contributed by atoms with Crippen LogP contribution >= 0.6 is 0 Å². The van der Waals surface area contributed by atoms with Gasteiger partial charge in [0, 0.05) is 6.54 Å². The summed E-state index contributed by atoms with van der Waals surface area (Å²) in [6.45, 7) is 6.63. The van der Waals surface area contributed by atoms with Crippen LogP contribution in [0.15, 0.2) is 18.2 Å². The summed E-state index contributed by atoms with van der Waals surface area (Å²) in [4.78, 5) is 0. The first-order valence-electron chi connectivity index (χ1n) is 5.53. The van der Waals surface area contributed by atoms with Crippen molar-refractivity contribution in [3.63, 3.8) is 0 Å². The average molecular weight is 189 g/mol. The van der Waals surface area contributed by atoms with Crippen LogP contribution in [-0.2, 0) is 6.54 Å². The molecule has 0 aliphatic heterocycles. The number of benzene rings is 1. The van der Waals surface area contributed by atoms with E-state index in [4.69, 9.17) is 0 Å². The maximum absolute atomic E-state index is 3.55. The van der Waals surface area contributed by atoms with Crippen LogP contribution in [0.25, 0.3) is 0 Å². The minimum absolute atomic E-state index is 0.972. The van der Waals surface area contributed by atoms with Gasteiger partial charge in [-0.1, -0.05) is 18.2 Å². The van der Waals surface area contributed by atoms with Crippen LogP contribution in [0.1, 0.15) is 29.5 Å². The molecule has 1 nitrogen and oxygen atoms in total. The third-order valence-electron chi connectivity index (χ3n) is 3.08. The fourth-order valence-electron chi connectivity index (χ4n) is 1.85. The molecule has 1 fully saturated rings. The molecule has 1 heteroatoms. The van der Waals surface area contributed by atoms with Crippen molar-refractivity contribution in [2.75, 3.05) is 6.54 Å². The summed E-state index contributed by atoms with van der Waals surface area (Å²) in [6, 6.07) is 6.53.